The van der Waals surface area contributed by atoms with Gasteiger partial charge in [-0.1, -0.05) is 71.1 Å². The van der Waals surface area contributed by atoms with Gasteiger partial charge in [0.05, 0.1) is 23.3 Å². The largest absolute Gasteiger partial charge is 0.384 e. The van der Waals surface area contributed by atoms with Crippen LogP contribution in [-0.2, 0) is 9.59 Å². The second-order valence-electron chi connectivity index (χ2n) is 9.29. The predicted molar refractivity (Wildman–Crippen MR) is 155 cm³/mol. The molecule has 0 saturated heterocycles. The van der Waals surface area contributed by atoms with Gasteiger partial charge in [0.25, 0.3) is 0 Å². The van der Waals surface area contributed by atoms with E-state index >= 15 is 0 Å². The Hall–Kier alpha value is -3.65. The zero-order valence-corrected chi connectivity index (χ0v) is 23.7. The molecule has 3 N–H and O–H groups in total. The number of halogens is 1. The second kappa shape index (κ2) is 11.2. The van der Waals surface area contributed by atoms with E-state index in [0.717, 1.165) is 16.8 Å². The number of nitrogens with two attached hydrogens (primary N) is 1. The van der Waals surface area contributed by atoms with Crippen LogP contribution in [0.4, 0.5) is 10.8 Å². The number of benzene rings is 2. The minimum atomic E-state index is -0.641. The molecule has 1 aliphatic carbocycles. The standard InChI is InChI=1S/C28H25ClN6O2S2/c1-15-7-5-8-16(2)25(15)32-22(37)14-38-28-34-33-27(39-28)35-20-11-6-12-21(36)24(20)23(18(13-30)26(35)31)17-9-3-4-10-19(17)29/h3-5,7-10,23H,6,11-12,14,31H2,1-2H3,(H,32,37). The van der Waals surface area contributed by atoms with Crippen molar-refractivity contribution in [1.29, 1.82) is 5.26 Å². The van der Waals surface area contributed by atoms with E-state index in [0.29, 0.717) is 50.6 Å². The van der Waals surface area contributed by atoms with Gasteiger partial charge < -0.3 is 11.1 Å². The lowest BCUT2D eigenvalue weighted by Crippen LogP contribution is -2.38. The second-order valence-corrected chi connectivity index (χ2v) is 11.9. The van der Waals surface area contributed by atoms with Crippen LogP contribution in [0.2, 0.25) is 5.02 Å². The normalized spacial score (nSPS) is 17.2. The number of anilines is 2. The summed E-state index contributed by atoms with van der Waals surface area (Å²) in [6, 6.07) is 15.3. The van der Waals surface area contributed by atoms with Gasteiger partial charge in [-0.15, -0.1) is 10.2 Å². The first kappa shape index (κ1) is 26.9. The summed E-state index contributed by atoms with van der Waals surface area (Å²) in [4.78, 5) is 27.6. The first-order chi connectivity index (χ1) is 18.8. The Balaban J connectivity index is 1.43. The summed E-state index contributed by atoms with van der Waals surface area (Å²) in [7, 11) is 0. The van der Waals surface area contributed by atoms with Gasteiger partial charge >= 0.3 is 0 Å². The first-order valence-electron chi connectivity index (χ1n) is 12.3. The lowest BCUT2D eigenvalue weighted by molar-refractivity contribution is -0.116. The number of ketones is 1. The number of carbonyl (C=O) groups excluding carboxylic acids is 2. The number of nitrogens with one attached hydrogen (secondary N) is 1. The highest BCUT2D eigenvalue weighted by molar-refractivity contribution is 8.01. The van der Waals surface area contributed by atoms with Gasteiger partial charge in [-0.2, -0.15) is 5.26 Å². The Morgan fingerprint density at radius 1 is 1.21 bits per heavy atom. The molecular weight excluding hydrogens is 552 g/mol. The summed E-state index contributed by atoms with van der Waals surface area (Å²) in [5.41, 5.74) is 11.6. The lowest BCUT2D eigenvalue weighted by atomic mass is 9.76. The zero-order chi connectivity index (χ0) is 27.7. The maximum Gasteiger partial charge on any atom is 0.234 e. The van der Waals surface area contributed by atoms with Crippen LogP contribution in [0.5, 0.6) is 0 Å². The summed E-state index contributed by atoms with van der Waals surface area (Å²) in [5.74, 6) is -0.468. The molecule has 2 aliphatic rings. The molecule has 1 atom stereocenters. The fraction of sp³-hybridized carbons (Fsp3) is 0.250. The maximum absolute atomic E-state index is 13.3. The van der Waals surface area contributed by atoms with Crippen LogP contribution in [0.15, 0.2) is 69.5 Å². The third kappa shape index (κ3) is 5.17. The molecule has 0 spiro atoms. The van der Waals surface area contributed by atoms with E-state index in [1.807, 2.05) is 44.2 Å². The Labute approximate surface area is 239 Å². The van der Waals surface area contributed by atoms with Crippen LogP contribution in [0, 0.1) is 25.2 Å². The van der Waals surface area contributed by atoms with Gasteiger partial charge in [-0.25, -0.2) is 0 Å². The molecule has 39 heavy (non-hydrogen) atoms. The molecule has 198 valence electrons. The summed E-state index contributed by atoms with van der Waals surface area (Å²) in [6.45, 7) is 3.90. The average Bonchev–Trinajstić information content (AvgIpc) is 3.38. The van der Waals surface area contributed by atoms with Crippen molar-refractivity contribution in [2.24, 2.45) is 5.73 Å². The number of amides is 1. The molecule has 3 aromatic rings. The quantitative estimate of drug-likeness (QED) is 0.350. The molecule has 8 nitrogen and oxygen atoms in total. The van der Waals surface area contributed by atoms with Gasteiger partial charge in [0.1, 0.15) is 5.82 Å². The number of para-hydroxylation sites is 1. The molecule has 5 rings (SSSR count). The van der Waals surface area contributed by atoms with Crippen molar-refractivity contribution >= 4 is 57.2 Å². The topological polar surface area (TPSA) is 125 Å². The number of Topliss-reactive ketones (excluding diaryl/α,β-unsaturated/α-hetero) is 1. The maximum atomic E-state index is 13.3. The van der Waals surface area contributed by atoms with Crippen molar-refractivity contribution in [2.75, 3.05) is 16.0 Å². The van der Waals surface area contributed by atoms with Crippen LogP contribution in [0.25, 0.3) is 0 Å². The van der Waals surface area contributed by atoms with Crippen molar-refractivity contribution in [1.82, 2.24) is 10.2 Å². The van der Waals surface area contributed by atoms with Crippen LogP contribution in [0.3, 0.4) is 0 Å². The number of nitriles is 1. The van der Waals surface area contributed by atoms with Crippen LogP contribution >= 0.6 is 34.7 Å². The molecule has 0 bridgehead atoms. The Kier molecular flexibility index (Phi) is 7.75. The summed E-state index contributed by atoms with van der Waals surface area (Å²) in [5, 5.41) is 22.6. The molecule has 0 fully saturated rings. The molecule has 11 heteroatoms. The molecule has 1 aromatic heterocycles. The SMILES string of the molecule is Cc1cccc(C)c1NC(=O)CSc1nnc(N2C(N)=C(C#N)C(c3ccccc3Cl)C3=C2CCCC3=O)s1. The third-order valence-corrected chi connectivity index (χ3v) is 9.17. The highest BCUT2D eigenvalue weighted by Gasteiger charge is 2.41. The summed E-state index contributed by atoms with van der Waals surface area (Å²) >= 11 is 9.04. The fourth-order valence-electron chi connectivity index (χ4n) is 4.99. The molecule has 1 amide bonds. The van der Waals surface area contributed by atoms with Crippen molar-refractivity contribution in [3.8, 4) is 6.07 Å². The number of allylic oxidation sites excluding steroid dienone is 3. The lowest BCUT2D eigenvalue weighted by Gasteiger charge is -2.38. The molecule has 1 aliphatic heterocycles. The van der Waals surface area contributed by atoms with E-state index in [4.69, 9.17) is 17.3 Å². The van der Waals surface area contributed by atoms with Crippen LogP contribution in [0.1, 0.15) is 41.9 Å². The van der Waals surface area contributed by atoms with Crippen molar-refractivity contribution in [3.63, 3.8) is 0 Å². The van der Waals surface area contributed by atoms with Crippen molar-refractivity contribution in [2.45, 2.75) is 43.4 Å². The number of carbonyl (C=O) groups is 2. The highest BCUT2D eigenvalue weighted by Crippen LogP contribution is 2.48. The van der Waals surface area contributed by atoms with E-state index in [-0.39, 0.29) is 28.8 Å². The van der Waals surface area contributed by atoms with E-state index < -0.39 is 5.92 Å². The minimum Gasteiger partial charge on any atom is -0.384 e. The molecular formula is C28H25ClN6O2S2. The van der Waals surface area contributed by atoms with Gasteiger partial charge in [0, 0.05) is 28.4 Å². The fourth-order valence-corrected chi connectivity index (χ4v) is 6.92. The van der Waals surface area contributed by atoms with Gasteiger partial charge in [0.15, 0.2) is 10.1 Å². The zero-order valence-electron chi connectivity index (χ0n) is 21.3. The van der Waals surface area contributed by atoms with E-state index in [1.54, 1.807) is 17.0 Å². The number of hydrogen-bond acceptors (Lipinski definition) is 9. The monoisotopic (exact) mass is 576 g/mol. The number of rotatable bonds is 6. The molecule has 2 heterocycles. The van der Waals surface area contributed by atoms with Crippen LogP contribution in [-0.4, -0.2) is 27.6 Å². The highest BCUT2D eigenvalue weighted by atomic mass is 35.5. The Bertz CT molecular complexity index is 1570. The molecule has 0 saturated carbocycles. The van der Waals surface area contributed by atoms with Crippen LogP contribution < -0.4 is 16.0 Å². The molecule has 2 aromatic carbocycles. The van der Waals surface area contributed by atoms with Gasteiger partial charge in [-0.3, -0.25) is 14.5 Å². The summed E-state index contributed by atoms with van der Waals surface area (Å²) in [6.07, 6.45) is 1.65. The van der Waals surface area contributed by atoms with E-state index in [1.165, 1.54) is 23.1 Å². The third-order valence-electron chi connectivity index (χ3n) is 6.79. The smallest absolute Gasteiger partial charge is 0.234 e. The number of thioether (sulfide) groups is 1. The molecule has 0 radical (unpaired) electrons. The number of aryl methyl sites for hydroxylation is 2. The Morgan fingerprint density at radius 2 is 1.95 bits per heavy atom. The number of hydrogen-bond donors (Lipinski definition) is 2. The minimum absolute atomic E-state index is 0.0336. The van der Waals surface area contributed by atoms with E-state index in [2.05, 4.69) is 21.6 Å². The summed E-state index contributed by atoms with van der Waals surface area (Å²) < 4.78 is 0.575. The predicted octanol–water partition coefficient (Wildman–Crippen LogP) is 5.84. The molecule has 1 unspecified atom stereocenters. The van der Waals surface area contributed by atoms with Crippen molar-refractivity contribution in [3.05, 3.63) is 86.8 Å². The van der Waals surface area contributed by atoms with Crippen molar-refractivity contribution < 1.29 is 9.59 Å². The van der Waals surface area contributed by atoms with E-state index in [9.17, 15) is 14.9 Å². The van der Waals surface area contributed by atoms with Gasteiger partial charge in [-0.05, 0) is 49.4 Å². The number of aromatic nitrogens is 2. The number of nitrogens with zero attached hydrogens (tertiary/aromatic N) is 4. The average molecular weight is 577 g/mol. The first-order valence-corrected chi connectivity index (χ1v) is 14.5. The Morgan fingerprint density at radius 3 is 2.67 bits per heavy atom. The van der Waals surface area contributed by atoms with Gasteiger partial charge in [0.2, 0.25) is 11.0 Å².